The summed E-state index contributed by atoms with van der Waals surface area (Å²) in [4.78, 5) is 12.3. The lowest BCUT2D eigenvalue weighted by molar-refractivity contribution is 0.143. The molecule has 6 heteroatoms. The van der Waals surface area contributed by atoms with Gasteiger partial charge in [0, 0.05) is 81.4 Å². The van der Waals surface area contributed by atoms with Gasteiger partial charge in [0.15, 0.2) is 0 Å². The summed E-state index contributed by atoms with van der Waals surface area (Å²) < 4.78 is 0. The fourth-order valence-corrected chi connectivity index (χ4v) is 6.30. The minimum atomic E-state index is 0.530. The number of nitriles is 1. The van der Waals surface area contributed by atoms with Crippen molar-refractivity contribution in [2.45, 2.75) is 32.4 Å². The maximum Gasteiger partial charge on any atom is 0.101 e. The first kappa shape index (κ1) is 22.3. The Morgan fingerprint density at radius 1 is 1.00 bits per heavy atom. The number of benzene rings is 2. The van der Waals surface area contributed by atoms with Crippen molar-refractivity contribution >= 4 is 22.3 Å². The van der Waals surface area contributed by atoms with Crippen LogP contribution in [0.25, 0.3) is 10.9 Å². The first-order chi connectivity index (χ1) is 17.2. The minimum absolute atomic E-state index is 0.530. The summed E-state index contributed by atoms with van der Waals surface area (Å²) in [5.41, 5.74) is 7.09. The van der Waals surface area contributed by atoms with Crippen LogP contribution in [0.4, 0.5) is 11.4 Å². The summed E-state index contributed by atoms with van der Waals surface area (Å²) in [5.74, 6) is 0.618. The van der Waals surface area contributed by atoms with Crippen LogP contribution < -0.4 is 15.1 Å². The number of aromatic nitrogens is 1. The Hall–Kier alpha value is -3.14. The Kier molecular flexibility index (Phi) is 6.05. The molecule has 6 rings (SSSR count). The number of hydrogen-bond acceptors (Lipinski definition) is 6. The Morgan fingerprint density at radius 3 is 2.74 bits per heavy atom. The van der Waals surface area contributed by atoms with Crippen LogP contribution in [-0.2, 0) is 13.0 Å². The smallest absolute Gasteiger partial charge is 0.101 e. The number of fused-ring (bicyclic) bond motifs is 2. The van der Waals surface area contributed by atoms with Crippen molar-refractivity contribution in [2.75, 3.05) is 55.6 Å². The van der Waals surface area contributed by atoms with Crippen molar-refractivity contribution in [1.82, 2.24) is 15.2 Å². The van der Waals surface area contributed by atoms with Crippen molar-refractivity contribution in [3.8, 4) is 6.07 Å². The molecule has 0 radical (unpaired) electrons. The van der Waals surface area contributed by atoms with Crippen molar-refractivity contribution in [2.24, 2.45) is 5.92 Å². The summed E-state index contributed by atoms with van der Waals surface area (Å²) >= 11 is 0. The van der Waals surface area contributed by atoms with Crippen LogP contribution in [0.3, 0.4) is 0 Å². The topological polar surface area (TPSA) is 58.4 Å². The van der Waals surface area contributed by atoms with Gasteiger partial charge in [0.2, 0.25) is 0 Å². The molecule has 0 saturated carbocycles. The molecule has 1 N–H and O–H groups in total. The average Bonchev–Trinajstić information content (AvgIpc) is 2.92. The van der Waals surface area contributed by atoms with E-state index in [1.807, 2.05) is 12.1 Å². The van der Waals surface area contributed by atoms with E-state index < -0.39 is 0 Å². The number of nitrogens with one attached hydrogen (secondary N) is 1. The predicted octanol–water partition coefficient (Wildman–Crippen LogP) is 3.79. The molecule has 3 aromatic rings. The van der Waals surface area contributed by atoms with Crippen molar-refractivity contribution in [1.29, 1.82) is 5.26 Å². The number of nitrogens with zero attached hydrogens (tertiary/aromatic N) is 5. The van der Waals surface area contributed by atoms with Gasteiger partial charge in [-0.2, -0.15) is 5.26 Å². The summed E-state index contributed by atoms with van der Waals surface area (Å²) in [6, 6.07) is 18.1. The van der Waals surface area contributed by atoms with Crippen LogP contribution in [-0.4, -0.2) is 61.7 Å². The standard InChI is InChI=1S/C29H34N6/c1-21-15-26(20-35(18-21)28-7-5-23(17-30)29-27(28)3-2-9-32-29)34-12-8-22-16-25(6-4-24(22)19-34)33-13-10-31-11-14-33/h2-7,9,16,21,26,31H,8,10-15,18-20H2,1H3/t21-,26+/m1/s1. The van der Waals surface area contributed by atoms with Gasteiger partial charge in [0.05, 0.1) is 11.1 Å². The van der Waals surface area contributed by atoms with Gasteiger partial charge >= 0.3 is 0 Å². The number of piperazine rings is 1. The zero-order chi connectivity index (χ0) is 23.8. The molecule has 2 atom stereocenters. The highest BCUT2D eigenvalue weighted by molar-refractivity contribution is 5.95. The van der Waals surface area contributed by atoms with Gasteiger partial charge in [-0.05, 0) is 66.3 Å². The molecule has 180 valence electrons. The molecule has 1 aromatic heterocycles. The molecule has 0 spiro atoms. The summed E-state index contributed by atoms with van der Waals surface area (Å²) in [6.07, 6.45) is 4.15. The van der Waals surface area contributed by atoms with E-state index in [1.54, 1.807) is 6.20 Å². The highest BCUT2D eigenvalue weighted by atomic mass is 15.2. The van der Waals surface area contributed by atoms with E-state index in [0.717, 1.165) is 69.7 Å². The van der Waals surface area contributed by atoms with Crippen LogP contribution in [0.1, 0.15) is 30.0 Å². The molecule has 0 aliphatic carbocycles. The van der Waals surface area contributed by atoms with E-state index in [2.05, 4.69) is 68.3 Å². The van der Waals surface area contributed by atoms with E-state index in [-0.39, 0.29) is 0 Å². The molecule has 0 amide bonds. The minimum Gasteiger partial charge on any atom is -0.369 e. The highest BCUT2D eigenvalue weighted by Crippen LogP contribution is 2.34. The lowest BCUT2D eigenvalue weighted by atomic mass is 9.91. The molecule has 0 bridgehead atoms. The molecule has 3 aliphatic heterocycles. The second-order valence-corrected chi connectivity index (χ2v) is 10.5. The SMILES string of the molecule is C[C@@H]1C[C@H](N2CCc3cc(N4CCNCC4)ccc3C2)CN(c2ccc(C#N)c3ncccc23)C1. The third kappa shape index (κ3) is 4.35. The van der Waals surface area contributed by atoms with Crippen LogP contribution in [0, 0.1) is 17.2 Å². The summed E-state index contributed by atoms with van der Waals surface area (Å²) in [5, 5.41) is 14.1. The molecule has 35 heavy (non-hydrogen) atoms. The Morgan fingerprint density at radius 2 is 1.89 bits per heavy atom. The van der Waals surface area contributed by atoms with Crippen molar-refractivity contribution in [3.05, 3.63) is 65.4 Å². The van der Waals surface area contributed by atoms with Crippen molar-refractivity contribution < 1.29 is 0 Å². The Labute approximate surface area is 208 Å². The lowest BCUT2D eigenvalue weighted by Crippen LogP contribution is -2.52. The van der Waals surface area contributed by atoms with Gasteiger partial charge in [-0.1, -0.05) is 13.0 Å². The number of pyridine rings is 1. The second kappa shape index (κ2) is 9.49. The number of rotatable bonds is 3. The van der Waals surface area contributed by atoms with E-state index >= 15 is 0 Å². The number of piperidine rings is 1. The maximum atomic E-state index is 9.55. The Bertz CT molecular complexity index is 1260. The molecule has 4 heterocycles. The van der Waals surface area contributed by atoms with E-state index in [4.69, 9.17) is 0 Å². The molecule has 2 aromatic carbocycles. The van der Waals surface area contributed by atoms with Crippen LogP contribution in [0.2, 0.25) is 0 Å². The monoisotopic (exact) mass is 466 g/mol. The molecule has 2 saturated heterocycles. The number of anilines is 2. The third-order valence-corrected chi connectivity index (χ3v) is 8.08. The van der Waals surface area contributed by atoms with E-state index in [9.17, 15) is 5.26 Å². The van der Waals surface area contributed by atoms with E-state index in [1.165, 1.54) is 28.9 Å². The first-order valence-corrected chi connectivity index (χ1v) is 13.0. The quantitative estimate of drug-likeness (QED) is 0.634. The molecule has 6 nitrogen and oxygen atoms in total. The average molecular weight is 467 g/mol. The first-order valence-electron chi connectivity index (χ1n) is 13.0. The van der Waals surface area contributed by atoms with Crippen LogP contribution in [0.15, 0.2) is 48.7 Å². The molecule has 0 unspecified atom stereocenters. The fraction of sp³-hybridized carbons (Fsp3) is 0.448. The van der Waals surface area contributed by atoms with E-state index in [0.29, 0.717) is 17.5 Å². The van der Waals surface area contributed by atoms with Gasteiger partial charge in [0.1, 0.15) is 6.07 Å². The second-order valence-electron chi connectivity index (χ2n) is 10.5. The van der Waals surface area contributed by atoms with Crippen LogP contribution >= 0.6 is 0 Å². The van der Waals surface area contributed by atoms with Gasteiger partial charge in [-0.15, -0.1) is 0 Å². The largest absolute Gasteiger partial charge is 0.369 e. The van der Waals surface area contributed by atoms with Crippen LogP contribution in [0.5, 0.6) is 0 Å². The molecule has 2 fully saturated rings. The number of hydrogen-bond donors (Lipinski definition) is 1. The maximum absolute atomic E-state index is 9.55. The summed E-state index contributed by atoms with van der Waals surface area (Å²) in [7, 11) is 0. The molecular formula is C29H34N6. The third-order valence-electron chi connectivity index (χ3n) is 8.08. The summed E-state index contributed by atoms with van der Waals surface area (Å²) in [6.45, 7) is 11.0. The lowest BCUT2D eigenvalue weighted by Gasteiger charge is -2.45. The Balaban J connectivity index is 1.22. The van der Waals surface area contributed by atoms with Gasteiger partial charge in [-0.25, -0.2) is 0 Å². The molecular weight excluding hydrogens is 432 g/mol. The fourth-order valence-electron chi connectivity index (χ4n) is 6.30. The zero-order valence-corrected chi connectivity index (χ0v) is 20.6. The van der Waals surface area contributed by atoms with Gasteiger partial charge in [-0.3, -0.25) is 9.88 Å². The highest BCUT2D eigenvalue weighted by Gasteiger charge is 2.32. The van der Waals surface area contributed by atoms with Gasteiger partial charge in [0.25, 0.3) is 0 Å². The van der Waals surface area contributed by atoms with Crippen molar-refractivity contribution in [3.63, 3.8) is 0 Å². The zero-order valence-electron chi connectivity index (χ0n) is 20.6. The predicted molar refractivity (Wildman–Crippen MR) is 142 cm³/mol. The molecule has 3 aliphatic rings. The van der Waals surface area contributed by atoms with Gasteiger partial charge < -0.3 is 15.1 Å². The normalized spacial score (nSPS) is 23.2.